The number of hydrogen-bond acceptors (Lipinski definition) is 4. The van der Waals surface area contributed by atoms with Gasteiger partial charge < -0.3 is 10.0 Å². The quantitative estimate of drug-likeness (QED) is 0.476. The minimum atomic E-state index is -4.99. The van der Waals surface area contributed by atoms with Crippen LogP contribution in [0.1, 0.15) is 23.7 Å². The number of hydrogen-bond donors (Lipinski definition) is 1. The van der Waals surface area contributed by atoms with Gasteiger partial charge in [-0.05, 0) is 36.1 Å². The molecule has 27 heavy (non-hydrogen) atoms. The molecule has 0 bridgehead atoms. The summed E-state index contributed by atoms with van der Waals surface area (Å²) in [5.74, 6) is -1.70. The molecule has 0 saturated heterocycles. The first kappa shape index (κ1) is 19.0. The normalized spacial score (nSPS) is 15.4. The van der Waals surface area contributed by atoms with E-state index in [-0.39, 0.29) is 17.9 Å². The molecular formula is C17H13F5N2O3. The molecule has 0 spiro atoms. The second-order valence-corrected chi connectivity index (χ2v) is 6.10. The Kier molecular flexibility index (Phi) is 4.77. The summed E-state index contributed by atoms with van der Waals surface area (Å²) in [6.07, 6.45) is -7.07. The van der Waals surface area contributed by atoms with E-state index in [0.29, 0.717) is 30.5 Å². The topological polar surface area (TPSA) is 66.6 Å². The SMILES string of the molecule is O=[N+]([O-])c1cc(C(O)C(F)(F)F)ccc1N1CCCc2cc(F)cc(F)c21. The van der Waals surface area contributed by atoms with E-state index in [4.69, 9.17) is 0 Å². The number of benzene rings is 2. The Morgan fingerprint density at radius 1 is 1.19 bits per heavy atom. The standard InChI is InChI=1S/C17H13F5N2O3/c18-11-6-9-2-1-5-23(15(9)12(19)8-11)13-4-3-10(7-14(13)24(26)27)16(25)17(20,21)22/h3-4,6-8,16,25H,1-2,5H2. The average molecular weight is 388 g/mol. The zero-order chi connectivity index (χ0) is 19.9. The van der Waals surface area contributed by atoms with Gasteiger partial charge in [0.15, 0.2) is 6.10 Å². The van der Waals surface area contributed by atoms with Crippen LogP contribution in [-0.4, -0.2) is 22.8 Å². The average Bonchev–Trinajstić information content (AvgIpc) is 2.58. The maximum Gasteiger partial charge on any atom is 0.418 e. The summed E-state index contributed by atoms with van der Waals surface area (Å²) in [5, 5.41) is 20.7. The Bertz CT molecular complexity index is 901. The molecular weight excluding hydrogens is 375 g/mol. The minimum absolute atomic E-state index is 0.0464. The van der Waals surface area contributed by atoms with E-state index in [0.717, 1.165) is 18.2 Å². The molecule has 144 valence electrons. The van der Waals surface area contributed by atoms with Gasteiger partial charge >= 0.3 is 6.18 Å². The molecule has 3 rings (SSSR count). The Hall–Kier alpha value is -2.75. The number of nitrogens with zero attached hydrogens (tertiary/aromatic N) is 2. The molecule has 0 amide bonds. The van der Waals surface area contributed by atoms with Gasteiger partial charge in [-0.2, -0.15) is 13.2 Å². The fourth-order valence-electron chi connectivity index (χ4n) is 3.17. The van der Waals surface area contributed by atoms with Crippen molar-refractivity contribution in [2.45, 2.75) is 25.1 Å². The highest BCUT2D eigenvalue weighted by molar-refractivity contribution is 5.75. The lowest BCUT2D eigenvalue weighted by Crippen LogP contribution is -2.27. The summed E-state index contributed by atoms with van der Waals surface area (Å²) in [6, 6.07) is 4.31. The number of halogens is 5. The summed E-state index contributed by atoms with van der Waals surface area (Å²) < 4.78 is 65.9. The lowest BCUT2D eigenvalue weighted by molar-refractivity contribution is -0.384. The number of nitro benzene ring substituents is 1. The molecule has 1 heterocycles. The molecule has 0 aliphatic carbocycles. The third-order valence-electron chi connectivity index (χ3n) is 4.32. The minimum Gasteiger partial charge on any atom is -0.379 e. The summed E-state index contributed by atoms with van der Waals surface area (Å²) in [7, 11) is 0. The van der Waals surface area contributed by atoms with Crippen LogP contribution >= 0.6 is 0 Å². The van der Waals surface area contributed by atoms with Crippen molar-refractivity contribution in [1.82, 2.24) is 0 Å². The molecule has 1 aliphatic heterocycles. The van der Waals surface area contributed by atoms with E-state index < -0.39 is 40.1 Å². The molecule has 1 atom stereocenters. The second kappa shape index (κ2) is 6.76. The lowest BCUT2D eigenvalue weighted by Gasteiger charge is -2.31. The molecule has 0 aromatic heterocycles. The lowest BCUT2D eigenvalue weighted by atomic mass is 9.99. The Balaban J connectivity index is 2.13. The van der Waals surface area contributed by atoms with E-state index in [1.807, 2.05) is 0 Å². The van der Waals surface area contributed by atoms with Gasteiger partial charge in [0, 0.05) is 18.7 Å². The van der Waals surface area contributed by atoms with Gasteiger partial charge in [0.1, 0.15) is 17.3 Å². The number of anilines is 2. The zero-order valence-electron chi connectivity index (χ0n) is 13.6. The molecule has 2 aromatic carbocycles. The molecule has 0 saturated carbocycles. The van der Waals surface area contributed by atoms with Crippen LogP contribution < -0.4 is 4.90 Å². The Labute approximate surface area is 149 Å². The predicted octanol–water partition coefficient (Wildman–Crippen LogP) is 4.55. The Morgan fingerprint density at radius 2 is 1.89 bits per heavy atom. The van der Waals surface area contributed by atoms with Crippen LogP contribution in [0.2, 0.25) is 0 Å². The van der Waals surface area contributed by atoms with Gasteiger partial charge in [0.25, 0.3) is 5.69 Å². The first-order valence-corrected chi connectivity index (χ1v) is 7.88. The van der Waals surface area contributed by atoms with Crippen molar-refractivity contribution >= 4 is 17.1 Å². The molecule has 1 aliphatic rings. The molecule has 0 radical (unpaired) electrons. The number of nitro groups is 1. The fraction of sp³-hybridized carbons (Fsp3) is 0.294. The highest BCUT2D eigenvalue weighted by Crippen LogP contribution is 2.42. The van der Waals surface area contributed by atoms with Gasteiger partial charge in [0.05, 0.1) is 10.6 Å². The number of fused-ring (bicyclic) bond motifs is 1. The second-order valence-electron chi connectivity index (χ2n) is 6.10. The largest absolute Gasteiger partial charge is 0.418 e. The highest BCUT2D eigenvalue weighted by Gasteiger charge is 2.40. The summed E-state index contributed by atoms with van der Waals surface area (Å²) >= 11 is 0. The molecule has 1 N–H and O–H groups in total. The molecule has 2 aromatic rings. The summed E-state index contributed by atoms with van der Waals surface area (Å²) in [5.41, 5.74) is -1.28. The van der Waals surface area contributed by atoms with Crippen LogP contribution in [0.5, 0.6) is 0 Å². The van der Waals surface area contributed by atoms with E-state index in [2.05, 4.69) is 0 Å². The van der Waals surface area contributed by atoms with Gasteiger partial charge in [-0.25, -0.2) is 8.78 Å². The van der Waals surface area contributed by atoms with Gasteiger partial charge in [-0.15, -0.1) is 0 Å². The number of aliphatic hydroxyl groups is 1. The van der Waals surface area contributed by atoms with E-state index in [9.17, 15) is 37.2 Å². The van der Waals surface area contributed by atoms with Crippen molar-refractivity contribution in [3.63, 3.8) is 0 Å². The third kappa shape index (κ3) is 3.57. The van der Waals surface area contributed by atoms with Crippen molar-refractivity contribution in [2.75, 3.05) is 11.4 Å². The maximum absolute atomic E-state index is 14.3. The van der Waals surface area contributed by atoms with Gasteiger partial charge in [-0.1, -0.05) is 6.07 Å². The highest BCUT2D eigenvalue weighted by atomic mass is 19.4. The number of rotatable bonds is 3. The number of aryl methyl sites for hydroxylation is 1. The van der Waals surface area contributed by atoms with Crippen LogP contribution in [0.25, 0.3) is 0 Å². The van der Waals surface area contributed by atoms with Crippen LogP contribution in [0.15, 0.2) is 30.3 Å². The van der Waals surface area contributed by atoms with E-state index in [1.54, 1.807) is 0 Å². The maximum atomic E-state index is 14.3. The molecule has 10 heteroatoms. The number of aliphatic hydroxyl groups excluding tert-OH is 1. The Morgan fingerprint density at radius 3 is 2.52 bits per heavy atom. The smallest absolute Gasteiger partial charge is 0.379 e. The van der Waals surface area contributed by atoms with Crippen molar-refractivity contribution in [2.24, 2.45) is 0 Å². The molecule has 5 nitrogen and oxygen atoms in total. The first-order chi connectivity index (χ1) is 12.6. The fourth-order valence-corrected chi connectivity index (χ4v) is 3.17. The van der Waals surface area contributed by atoms with Crippen molar-refractivity contribution in [3.8, 4) is 0 Å². The van der Waals surface area contributed by atoms with Crippen LogP contribution in [-0.2, 0) is 6.42 Å². The predicted molar refractivity (Wildman–Crippen MR) is 85.8 cm³/mol. The third-order valence-corrected chi connectivity index (χ3v) is 4.32. The van der Waals surface area contributed by atoms with Crippen molar-refractivity contribution < 1.29 is 32.0 Å². The van der Waals surface area contributed by atoms with Gasteiger partial charge in [0.2, 0.25) is 0 Å². The van der Waals surface area contributed by atoms with Crippen LogP contribution in [0.4, 0.5) is 39.0 Å². The van der Waals surface area contributed by atoms with Crippen molar-refractivity contribution in [3.05, 3.63) is 63.2 Å². The van der Waals surface area contributed by atoms with Crippen LogP contribution in [0.3, 0.4) is 0 Å². The van der Waals surface area contributed by atoms with E-state index >= 15 is 0 Å². The summed E-state index contributed by atoms with van der Waals surface area (Å²) in [6.45, 7) is 0.164. The zero-order valence-corrected chi connectivity index (χ0v) is 13.6. The first-order valence-electron chi connectivity index (χ1n) is 7.88. The molecule has 0 fully saturated rings. The summed E-state index contributed by atoms with van der Waals surface area (Å²) in [4.78, 5) is 11.7. The monoisotopic (exact) mass is 388 g/mol. The number of alkyl halides is 3. The van der Waals surface area contributed by atoms with Crippen molar-refractivity contribution in [1.29, 1.82) is 0 Å². The van der Waals surface area contributed by atoms with Gasteiger partial charge in [-0.3, -0.25) is 10.1 Å². The van der Waals surface area contributed by atoms with Crippen LogP contribution in [0, 0.1) is 21.7 Å². The molecule has 1 unspecified atom stereocenters. The van der Waals surface area contributed by atoms with E-state index in [1.165, 1.54) is 4.90 Å².